The fourth-order valence-corrected chi connectivity index (χ4v) is 3.31. The summed E-state index contributed by atoms with van der Waals surface area (Å²) in [5, 5.41) is 19.8. The maximum absolute atomic E-state index is 12.3. The van der Waals surface area contributed by atoms with Crippen LogP contribution in [-0.4, -0.2) is 29.5 Å². The molecule has 0 saturated heterocycles. The lowest BCUT2D eigenvalue weighted by molar-refractivity contribution is -0.124. The summed E-state index contributed by atoms with van der Waals surface area (Å²) in [4.78, 5) is 13.7. The molecule has 5 nitrogen and oxygen atoms in total. The largest absolute Gasteiger partial charge is 0.344 e. The topological polar surface area (TPSA) is 72.8 Å². The third-order valence-corrected chi connectivity index (χ3v) is 4.79. The van der Waals surface area contributed by atoms with E-state index in [1.807, 2.05) is 55.5 Å². The fraction of sp³-hybridized carbons (Fsp3) is 0.174. The monoisotopic (exact) mass is 368 g/mol. The first kappa shape index (κ1) is 18.9. The minimum absolute atomic E-state index is 0.0911. The van der Waals surface area contributed by atoms with Gasteiger partial charge in [0.15, 0.2) is 0 Å². The molecule has 3 aromatic rings. The standard InChI is InChI=1S/C23H20N4O/c1-16-21(12-19(14-25)23(28)26(2)3)20-10-6-7-11-22(20)27(16)15-18-9-5-4-8-17(18)13-24/h4-12H,15H2,1-3H3/b19-12-. The summed E-state index contributed by atoms with van der Waals surface area (Å²) >= 11 is 0. The molecule has 1 aromatic heterocycles. The highest BCUT2D eigenvalue weighted by atomic mass is 16.2. The molecule has 0 aliphatic heterocycles. The predicted octanol–water partition coefficient (Wildman–Crippen LogP) is 3.86. The van der Waals surface area contributed by atoms with Crippen molar-refractivity contribution in [3.8, 4) is 12.1 Å². The molecule has 138 valence electrons. The minimum atomic E-state index is -0.325. The average Bonchev–Trinajstić information content (AvgIpc) is 2.97. The van der Waals surface area contributed by atoms with Gasteiger partial charge in [0.2, 0.25) is 0 Å². The van der Waals surface area contributed by atoms with E-state index in [0.717, 1.165) is 27.7 Å². The van der Waals surface area contributed by atoms with E-state index < -0.39 is 0 Å². The lowest BCUT2D eigenvalue weighted by atomic mass is 10.1. The van der Waals surface area contributed by atoms with Gasteiger partial charge in [-0.05, 0) is 30.7 Å². The van der Waals surface area contributed by atoms with Gasteiger partial charge in [0.05, 0.1) is 11.6 Å². The van der Waals surface area contributed by atoms with Crippen molar-refractivity contribution in [1.29, 1.82) is 10.5 Å². The van der Waals surface area contributed by atoms with Crippen LogP contribution in [0.3, 0.4) is 0 Å². The van der Waals surface area contributed by atoms with E-state index in [-0.39, 0.29) is 11.5 Å². The van der Waals surface area contributed by atoms with Crippen LogP contribution in [0.25, 0.3) is 17.0 Å². The highest BCUT2D eigenvalue weighted by Gasteiger charge is 2.17. The van der Waals surface area contributed by atoms with Crippen LogP contribution in [0.15, 0.2) is 54.1 Å². The zero-order valence-electron chi connectivity index (χ0n) is 16.1. The third-order valence-electron chi connectivity index (χ3n) is 4.79. The Kier molecular flexibility index (Phi) is 5.29. The number of rotatable bonds is 4. The summed E-state index contributed by atoms with van der Waals surface area (Å²) < 4.78 is 2.12. The first-order valence-electron chi connectivity index (χ1n) is 8.87. The van der Waals surface area contributed by atoms with Gasteiger partial charge < -0.3 is 9.47 Å². The lowest BCUT2D eigenvalue weighted by Gasteiger charge is -2.10. The van der Waals surface area contributed by atoms with Crippen LogP contribution in [-0.2, 0) is 11.3 Å². The Morgan fingerprint density at radius 2 is 1.79 bits per heavy atom. The Morgan fingerprint density at radius 3 is 2.46 bits per heavy atom. The molecule has 5 heteroatoms. The van der Waals surface area contributed by atoms with E-state index in [2.05, 4.69) is 10.6 Å². The van der Waals surface area contributed by atoms with Gasteiger partial charge in [0.1, 0.15) is 11.6 Å². The van der Waals surface area contributed by atoms with Gasteiger partial charge in [-0.1, -0.05) is 36.4 Å². The number of benzene rings is 2. The molecule has 0 radical (unpaired) electrons. The van der Waals surface area contributed by atoms with Crippen LogP contribution in [0.4, 0.5) is 0 Å². The molecule has 0 bridgehead atoms. The molecule has 0 N–H and O–H groups in total. The first-order valence-corrected chi connectivity index (χ1v) is 8.87. The van der Waals surface area contributed by atoms with Crippen molar-refractivity contribution in [2.75, 3.05) is 14.1 Å². The van der Waals surface area contributed by atoms with Gasteiger partial charge in [-0.3, -0.25) is 4.79 Å². The number of amides is 1. The van der Waals surface area contributed by atoms with Crippen molar-refractivity contribution < 1.29 is 4.79 Å². The second-order valence-corrected chi connectivity index (χ2v) is 6.74. The molecule has 0 atom stereocenters. The van der Waals surface area contributed by atoms with E-state index in [1.165, 1.54) is 4.90 Å². The molecule has 1 amide bonds. The summed E-state index contributed by atoms with van der Waals surface area (Å²) in [5.41, 5.74) is 4.43. The summed E-state index contributed by atoms with van der Waals surface area (Å²) in [6.07, 6.45) is 1.66. The van der Waals surface area contributed by atoms with Crippen molar-refractivity contribution in [3.05, 3.63) is 76.5 Å². The Bertz CT molecular complexity index is 1170. The number of carbonyl (C=O) groups is 1. The molecule has 0 spiro atoms. The highest BCUT2D eigenvalue weighted by Crippen LogP contribution is 2.29. The van der Waals surface area contributed by atoms with Crippen LogP contribution in [0, 0.1) is 29.6 Å². The van der Waals surface area contributed by atoms with E-state index in [0.29, 0.717) is 12.1 Å². The number of nitriles is 2. The van der Waals surface area contributed by atoms with E-state index in [1.54, 1.807) is 26.2 Å². The molecule has 3 rings (SSSR count). The van der Waals surface area contributed by atoms with Gasteiger partial charge in [-0.25, -0.2) is 0 Å². The van der Waals surface area contributed by atoms with Crippen molar-refractivity contribution in [3.63, 3.8) is 0 Å². The molecule has 0 aliphatic carbocycles. The molecule has 0 unspecified atom stereocenters. The zero-order valence-corrected chi connectivity index (χ0v) is 16.1. The van der Waals surface area contributed by atoms with E-state index >= 15 is 0 Å². The number of carbonyl (C=O) groups excluding carboxylic acids is 1. The van der Waals surface area contributed by atoms with Gasteiger partial charge >= 0.3 is 0 Å². The van der Waals surface area contributed by atoms with E-state index in [4.69, 9.17) is 0 Å². The summed E-state index contributed by atoms with van der Waals surface area (Å²) in [5.74, 6) is -0.325. The molecular weight excluding hydrogens is 348 g/mol. The van der Waals surface area contributed by atoms with Gasteiger partial charge in [-0.2, -0.15) is 10.5 Å². The minimum Gasteiger partial charge on any atom is -0.344 e. The number of hydrogen-bond donors (Lipinski definition) is 0. The maximum atomic E-state index is 12.3. The van der Waals surface area contributed by atoms with Crippen molar-refractivity contribution in [1.82, 2.24) is 9.47 Å². The van der Waals surface area contributed by atoms with Gasteiger partial charge in [0, 0.05) is 42.8 Å². The normalized spacial score (nSPS) is 11.1. The molecule has 0 saturated carbocycles. The summed E-state index contributed by atoms with van der Waals surface area (Å²) in [6.45, 7) is 2.50. The Balaban J connectivity index is 2.20. The zero-order chi connectivity index (χ0) is 20.3. The summed E-state index contributed by atoms with van der Waals surface area (Å²) in [7, 11) is 3.25. The molecule has 0 fully saturated rings. The second-order valence-electron chi connectivity index (χ2n) is 6.74. The van der Waals surface area contributed by atoms with Crippen molar-refractivity contribution in [2.24, 2.45) is 0 Å². The van der Waals surface area contributed by atoms with Crippen molar-refractivity contribution >= 4 is 22.9 Å². The molecule has 0 aliphatic rings. The van der Waals surface area contributed by atoms with Gasteiger partial charge in [0.25, 0.3) is 5.91 Å². The number of para-hydroxylation sites is 1. The Morgan fingerprint density at radius 1 is 1.11 bits per heavy atom. The van der Waals surface area contributed by atoms with Crippen LogP contribution in [0.2, 0.25) is 0 Å². The van der Waals surface area contributed by atoms with Crippen LogP contribution >= 0.6 is 0 Å². The number of fused-ring (bicyclic) bond motifs is 1. The SMILES string of the molecule is Cc1c(/C=C(/C#N)C(=O)N(C)C)c2ccccc2n1Cc1ccccc1C#N. The molecule has 28 heavy (non-hydrogen) atoms. The number of hydrogen-bond acceptors (Lipinski definition) is 3. The number of aromatic nitrogens is 1. The fourth-order valence-electron chi connectivity index (χ4n) is 3.31. The highest BCUT2D eigenvalue weighted by molar-refractivity contribution is 6.04. The van der Waals surface area contributed by atoms with E-state index in [9.17, 15) is 15.3 Å². The van der Waals surface area contributed by atoms with Crippen molar-refractivity contribution in [2.45, 2.75) is 13.5 Å². The third kappa shape index (κ3) is 3.39. The predicted molar refractivity (Wildman–Crippen MR) is 109 cm³/mol. The molecule has 1 heterocycles. The van der Waals surface area contributed by atoms with Crippen LogP contribution in [0.5, 0.6) is 0 Å². The Hall–Kier alpha value is -3.83. The van der Waals surface area contributed by atoms with Crippen LogP contribution in [0.1, 0.15) is 22.4 Å². The quantitative estimate of drug-likeness (QED) is 0.518. The first-order chi connectivity index (χ1) is 13.5. The van der Waals surface area contributed by atoms with Gasteiger partial charge in [-0.15, -0.1) is 0 Å². The molecule has 2 aromatic carbocycles. The summed E-state index contributed by atoms with van der Waals surface area (Å²) in [6, 6.07) is 19.7. The lowest BCUT2D eigenvalue weighted by Crippen LogP contribution is -2.22. The smallest absolute Gasteiger partial charge is 0.264 e. The Labute approximate surface area is 164 Å². The second kappa shape index (κ2) is 7.82. The number of nitrogens with zero attached hydrogens (tertiary/aromatic N) is 4. The average molecular weight is 368 g/mol. The maximum Gasteiger partial charge on any atom is 0.264 e. The molecular formula is C23H20N4O. The van der Waals surface area contributed by atoms with Crippen LogP contribution < -0.4 is 0 Å². The number of likely N-dealkylation sites (N-methyl/N-ethyl adjacent to an activating group) is 1.